The molecule has 1 rings (SSSR count). The maximum Gasteiger partial charge on any atom is 0.319 e. The highest BCUT2D eigenvalue weighted by atomic mass is 32.2. The number of amides is 2. The van der Waals surface area contributed by atoms with Gasteiger partial charge in [-0.1, -0.05) is 45.9 Å². The number of para-hydroxylation sites is 1. The third-order valence-electron chi connectivity index (χ3n) is 4.01. The molecule has 3 N–H and O–H groups in total. The summed E-state index contributed by atoms with van der Waals surface area (Å²) in [6.45, 7) is 10.5. The monoisotopic (exact) mass is 338 g/mol. The van der Waals surface area contributed by atoms with E-state index in [0.29, 0.717) is 11.8 Å². The van der Waals surface area contributed by atoms with Crippen LogP contribution in [0.25, 0.3) is 0 Å². The Labute approximate surface area is 144 Å². The molecule has 5 heteroatoms. The van der Waals surface area contributed by atoms with Gasteiger partial charge in [-0.25, -0.2) is 4.79 Å². The minimum absolute atomic E-state index is 0.00865. The molecule has 2 amide bonds. The molecule has 4 nitrogen and oxygen atoms in total. The highest BCUT2D eigenvalue weighted by Gasteiger charge is 2.20. The fourth-order valence-electron chi connectivity index (χ4n) is 2.58. The Morgan fingerprint density at radius 3 is 2.04 bits per heavy atom. The number of hydrogen-bond acceptors (Lipinski definition) is 3. The number of thioether (sulfide) groups is 1. The van der Waals surface area contributed by atoms with E-state index in [1.165, 1.54) is 0 Å². The molecular formula is C18H30N2O2S. The van der Waals surface area contributed by atoms with Crippen LogP contribution >= 0.6 is 11.8 Å². The summed E-state index contributed by atoms with van der Waals surface area (Å²) in [6, 6.07) is 5.84. The molecule has 0 heterocycles. The zero-order chi connectivity index (χ0) is 17.6. The predicted octanol–water partition coefficient (Wildman–Crippen LogP) is 4.17. The number of benzene rings is 1. The number of aliphatic hydroxyl groups is 1. The molecule has 0 aromatic heterocycles. The first-order chi connectivity index (χ1) is 10.8. The van der Waals surface area contributed by atoms with Crippen LogP contribution in [0.4, 0.5) is 10.5 Å². The molecule has 0 spiro atoms. The van der Waals surface area contributed by atoms with Gasteiger partial charge in [-0.3, -0.25) is 0 Å². The van der Waals surface area contributed by atoms with Crippen LogP contribution in [0, 0.1) is 0 Å². The van der Waals surface area contributed by atoms with Crippen LogP contribution in [0.2, 0.25) is 0 Å². The topological polar surface area (TPSA) is 61.4 Å². The van der Waals surface area contributed by atoms with Crippen molar-refractivity contribution in [2.75, 3.05) is 18.2 Å². The SMILES string of the molecule is CSC(CO)C(C)NC(=O)Nc1c(C(C)C)cccc1C(C)C. The smallest absolute Gasteiger partial charge is 0.319 e. The van der Waals surface area contributed by atoms with Gasteiger partial charge in [0.15, 0.2) is 0 Å². The maximum absolute atomic E-state index is 12.4. The molecule has 0 aliphatic heterocycles. The molecule has 2 unspecified atom stereocenters. The lowest BCUT2D eigenvalue weighted by molar-refractivity contribution is 0.243. The number of aliphatic hydroxyl groups excluding tert-OH is 1. The molecule has 0 saturated heterocycles. The number of anilines is 1. The van der Waals surface area contributed by atoms with E-state index in [1.807, 2.05) is 19.2 Å². The van der Waals surface area contributed by atoms with Crippen LogP contribution in [-0.4, -0.2) is 35.3 Å². The Morgan fingerprint density at radius 2 is 1.65 bits per heavy atom. The van der Waals surface area contributed by atoms with Crippen molar-refractivity contribution in [2.45, 2.75) is 57.7 Å². The van der Waals surface area contributed by atoms with Crippen molar-refractivity contribution in [3.05, 3.63) is 29.3 Å². The lowest BCUT2D eigenvalue weighted by Crippen LogP contribution is -2.43. The summed E-state index contributed by atoms with van der Waals surface area (Å²) >= 11 is 1.55. The molecular weight excluding hydrogens is 308 g/mol. The van der Waals surface area contributed by atoms with Crippen LogP contribution in [0.5, 0.6) is 0 Å². The molecule has 1 aromatic carbocycles. The van der Waals surface area contributed by atoms with Crippen molar-refractivity contribution in [3.63, 3.8) is 0 Å². The van der Waals surface area contributed by atoms with Crippen LogP contribution in [-0.2, 0) is 0 Å². The van der Waals surface area contributed by atoms with Gasteiger partial charge >= 0.3 is 6.03 Å². The van der Waals surface area contributed by atoms with Gasteiger partial charge in [0, 0.05) is 17.0 Å². The third-order valence-corrected chi connectivity index (χ3v) is 5.17. The summed E-state index contributed by atoms with van der Waals surface area (Å²) in [5.41, 5.74) is 3.19. The second kappa shape index (κ2) is 9.18. The first kappa shape index (κ1) is 19.8. The normalized spacial score (nSPS) is 14.0. The van der Waals surface area contributed by atoms with Gasteiger partial charge < -0.3 is 15.7 Å². The number of rotatable bonds is 7. The standard InChI is InChI=1S/C18H30N2O2S/c1-11(2)14-8-7-9-15(12(3)4)17(14)20-18(22)19-13(5)16(10-21)23-6/h7-9,11-13,16,21H,10H2,1-6H3,(H2,19,20,22). The molecule has 130 valence electrons. The van der Waals surface area contributed by atoms with Crippen molar-refractivity contribution >= 4 is 23.5 Å². The van der Waals surface area contributed by atoms with Gasteiger partial charge in [0.05, 0.1) is 6.61 Å². The van der Waals surface area contributed by atoms with E-state index in [9.17, 15) is 9.90 Å². The zero-order valence-electron chi connectivity index (χ0n) is 15.0. The first-order valence-electron chi connectivity index (χ1n) is 8.15. The summed E-state index contributed by atoms with van der Waals surface area (Å²) in [5.74, 6) is 0.663. The van der Waals surface area contributed by atoms with Crippen LogP contribution in [0.1, 0.15) is 57.6 Å². The summed E-state index contributed by atoms with van der Waals surface area (Å²) < 4.78 is 0. The number of hydrogen-bond donors (Lipinski definition) is 3. The fraction of sp³-hybridized carbons (Fsp3) is 0.611. The third kappa shape index (κ3) is 5.43. The molecule has 0 fully saturated rings. The van der Waals surface area contributed by atoms with Gasteiger partial charge in [0.25, 0.3) is 0 Å². The lowest BCUT2D eigenvalue weighted by atomic mass is 9.93. The maximum atomic E-state index is 12.4. The van der Waals surface area contributed by atoms with Crippen molar-refractivity contribution in [1.29, 1.82) is 0 Å². The van der Waals surface area contributed by atoms with Gasteiger partial charge in [-0.15, -0.1) is 0 Å². The van der Waals surface area contributed by atoms with Gasteiger partial charge in [0.1, 0.15) is 0 Å². The van der Waals surface area contributed by atoms with Crippen molar-refractivity contribution < 1.29 is 9.90 Å². The molecule has 0 radical (unpaired) electrons. The number of urea groups is 1. The minimum atomic E-state index is -0.222. The van der Waals surface area contributed by atoms with E-state index in [1.54, 1.807) is 11.8 Å². The summed E-state index contributed by atoms with van der Waals surface area (Å²) in [6.07, 6.45) is 1.93. The Balaban J connectivity index is 2.96. The second-order valence-corrected chi connectivity index (χ2v) is 7.54. The largest absolute Gasteiger partial charge is 0.395 e. The molecule has 0 saturated carbocycles. The molecule has 23 heavy (non-hydrogen) atoms. The van der Waals surface area contributed by atoms with Gasteiger partial charge in [0.2, 0.25) is 0 Å². The number of carbonyl (C=O) groups excluding carboxylic acids is 1. The summed E-state index contributed by atoms with van der Waals surface area (Å²) in [5, 5.41) is 15.3. The molecule has 0 aliphatic carbocycles. The van der Waals surface area contributed by atoms with Crippen molar-refractivity contribution in [3.8, 4) is 0 Å². The number of nitrogens with one attached hydrogen (secondary N) is 2. The lowest BCUT2D eigenvalue weighted by Gasteiger charge is -2.24. The van der Waals surface area contributed by atoms with E-state index < -0.39 is 0 Å². The first-order valence-corrected chi connectivity index (χ1v) is 9.44. The Kier molecular flexibility index (Phi) is 7.92. The number of carbonyl (C=O) groups is 1. The van der Waals surface area contributed by atoms with Crippen LogP contribution < -0.4 is 10.6 Å². The highest BCUT2D eigenvalue weighted by molar-refractivity contribution is 7.99. The van der Waals surface area contributed by atoms with Gasteiger partial charge in [-0.05, 0) is 36.1 Å². The fourth-order valence-corrected chi connectivity index (χ4v) is 3.21. The molecule has 1 aromatic rings. The molecule has 2 atom stereocenters. The average Bonchev–Trinajstić information content (AvgIpc) is 2.47. The Morgan fingerprint density at radius 1 is 1.13 bits per heavy atom. The molecule has 0 bridgehead atoms. The van der Waals surface area contributed by atoms with Crippen LogP contribution in [0.15, 0.2) is 18.2 Å². The van der Waals surface area contributed by atoms with E-state index in [2.05, 4.69) is 50.5 Å². The summed E-state index contributed by atoms with van der Waals surface area (Å²) in [7, 11) is 0. The van der Waals surface area contributed by atoms with Gasteiger partial charge in [-0.2, -0.15) is 11.8 Å². The highest BCUT2D eigenvalue weighted by Crippen LogP contribution is 2.32. The van der Waals surface area contributed by atoms with E-state index in [0.717, 1.165) is 16.8 Å². The predicted molar refractivity (Wildman–Crippen MR) is 101 cm³/mol. The van der Waals surface area contributed by atoms with Crippen LogP contribution in [0.3, 0.4) is 0 Å². The quantitative estimate of drug-likeness (QED) is 0.699. The van der Waals surface area contributed by atoms with E-state index >= 15 is 0 Å². The zero-order valence-corrected chi connectivity index (χ0v) is 15.8. The average molecular weight is 339 g/mol. The van der Waals surface area contributed by atoms with Crippen molar-refractivity contribution in [1.82, 2.24) is 5.32 Å². The Hall–Kier alpha value is -1.20. The van der Waals surface area contributed by atoms with E-state index in [-0.39, 0.29) is 23.9 Å². The summed E-state index contributed by atoms with van der Waals surface area (Å²) in [4.78, 5) is 12.4. The van der Waals surface area contributed by atoms with Crippen molar-refractivity contribution in [2.24, 2.45) is 0 Å². The minimum Gasteiger partial charge on any atom is -0.395 e. The molecule has 0 aliphatic rings. The second-order valence-electron chi connectivity index (χ2n) is 6.46. The Bertz CT molecular complexity index is 487. The van der Waals surface area contributed by atoms with E-state index in [4.69, 9.17) is 0 Å².